The van der Waals surface area contributed by atoms with E-state index in [1.807, 2.05) is 43.3 Å². The molecule has 2 aromatic rings. The molecule has 1 N–H and O–H groups in total. The molecule has 0 radical (unpaired) electrons. The lowest BCUT2D eigenvalue weighted by Crippen LogP contribution is -2.24. The predicted molar refractivity (Wildman–Crippen MR) is 97.6 cm³/mol. The smallest absolute Gasteiger partial charge is 0.277 e. The van der Waals surface area contributed by atoms with Crippen LogP contribution in [0.3, 0.4) is 0 Å². The number of aryl methyl sites for hydroxylation is 1. The van der Waals surface area contributed by atoms with E-state index >= 15 is 0 Å². The van der Waals surface area contributed by atoms with Crippen molar-refractivity contribution in [1.29, 1.82) is 0 Å². The third-order valence-corrected chi connectivity index (χ3v) is 3.57. The minimum atomic E-state index is -0.293. The first-order valence-electron chi connectivity index (χ1n) is 7.96. The number of rotatable bonds is 5. The average molecular weight is 324 g/mol. The molecule has 0 aliphatic carbocycles. The van der Waals surface area contributed by atoms with Gasteiger partial charge in [0.1, 0.15) is 5.75 Å². The summed E-state index contributed by atoms with van der Waals surface area (Å²) in [6.45, 7) is 8.45. The molecular weight excluding hydrogens is 300 g/mol. The first-order valence-corrected chi connectivity index (χ1v) is 7.96. The zero-order valence-corrected chi connectivity index (χ0v) is 14.7. The van der Waals surface area contributed by atoms with Crippen molar-refractivity contribution in [2.75, 3.05) is 6.61 Å². The highest BCUT2D eigenvalue weighted by atomic mass is 16.5. The highest BCUT2D eigenvalue weighted by Gasteiger charge is 2.12. The van der Waals surface area contributed by atoms with Crippen LogP contribution in [0.1, 0.15) is 37.5 Å². The minimum Gasteiger partial charge on any atom is -0.484 e. The van der Waals surface area contributed by atoms with Gasteiger partial charge in [-0.1, -0.05) is 62.7 Å². The van der Waals surface area contributed by atoms with Gasteiger partial charge in [0.2, 0.25) is 0 Å². The molecule has 0 fully saturated rings. The molecule has 0 saturated carbocycles. The van der Waals surface area contributed by atoms with E-state index in [0.717, 1.165) is 11.1 Å². The fraction of sp³-hybridized carbons (Fsp3) is 0.300. The number of amides is 1. The van der Waals surface area contributed by atoms with E-state index in [0.29, 0.717) is 5.75 Å². The standard InChI is InChI=1S/C20H24N2O2/c1-15-5-11-18(12-6-15)24-14-19(23)22-21-13-16-7-9-17(10-8-16)20(2,3)4/h5-13H,14H2,1-4H3,(H,22,23). The number of hydrazone groups is 1. The Kier molecular flexibility index (Phi) is 5.74. The molecule has 0 aliphatic heterocycles. The first kappa shape index (κ1) is 17.7. The monoisotopic (exact) mass is 324 g/mol. The Morgan fingerprint density at radius 1 is 1.08 bits per heavy atom. The molecule has 4 nitrogen and oxygen atoms in total. The van der Waals surface area contributed by atoms with Gasteiger partial charge < -0.3 is 4.74 Å². The molecule has 0 unspecified atom stereocenters. The molecule has 126 valence electrons. The SMILES string of the molecule is Cc1ccc(OCC(=O)NN=Cc2ccc(C(C)(C)C)cc2)cc1. The van der Waals surface area contributed by atoms with E-state index < -0.39 is 0 Å². The van der Waals surface area contributed by atoms with Gasteiger partial charge in [-0.2, -0.15) is 5.10 Å². The van der Waals surface area contributed by atoms with Gasteiger partial charge in [0, 0.05) is 0 Å². The quantitative estimate of drug-likeness (QED) is 0.671. The van der Waals surface area contributed by atoms with Crippen LogP contribution in [0.4, 0.5) is 0 Å². The summed E-state index contributed by atoms with van der Waals surface area (Å²) in [7, 11) is 0. The molecule has 2 aromatic carbocycles. The number of hydrogen-bond acceptors (Lipinski definition) is 3. The Labute approximate surface area is 143 Å². The first-order chi connectivity index (χ1) is 11.3. The molecule has 0 heterocycles. The van der Waals surface area contributed by atoms with Crippen molar-refractivity contribution in [2.45, 2.75) is 33.1 Å². The molecule has 4 heteroatoms. The molecule has 0 bridgehead atoms. The molecule has 0 saturated heterocycles. The Morgan fingerprint density at radius 2 is 1.71 bits per heavy atom. The maximum Gasteiger partial charge on any atom is 0.277 e. The van der Waals surface area contributed by atoms with Crippen molar-refractivity contribution in [3.8, 4) is 5.75 Å². The lowest BCUT2D eigenvalue weighted by atomic mass is 9.87. The van der Waals surface area contributed by atoms with Gasteiger partial charge in [-0.25, -0.2) is 5.43 Å². The second kappa shape index (κ2) is 7.77. The Hall–Kier alpha value is -2.62. The van der Waals surface area contributed by atoms with Crippen molar-refractivity contribution < 1.29 is 9.53 Å². The molecule has 0 aliphatic rings. The Morgan fingerprint density at radius 3 is 2.29 bits per heavy atom. The third-order valence-electron chi connectivity index (χ3n) is 3.57. The average Bonchev–Trinajstić information content (AvgIpc) is 2.54. The largest absolute Gasteiger partial charge is 0.484 e. The van der Waals surface area contributed by atoms with E-state index in [1.165, 1.54) is 5.56 Å². The van der Waals surface area contributed by atoms with Gasteiger partial charge >= 0.3 is 0 Å². The summed E-state index contributed by atoms with van der Waals surface area (Å²) in [6.07, 6.45) is 1.62. The van der Waals surface area contributed by atoms with Crippen molar-refractivity contribution in [1.82, 2.24) is 5.43 Å². The highest BCUT2D eigenvalue weighted by molar-refractivity contribution is 5.82. The fourth-order valence-electron chi connectivity index (χ4n) is 2.06. The summed E-state index contributed by atoms with van der Waals surface area (Å²) in [5.41, 5.74) is 5.93. The van der Waals surface area contributed by atoms with Gasteiger partial charge in [0.25, 0.3) is 5.91 Å². The molecule has 0 atom stereocenters. The Balaban J connectivity index is 1.80. The van der Waals surface area contributed by atoms with Crippen molar-refractivity contribution in [3.05, 3.63) is 65.2 Å². The predicted octanol–water partition coefficient (Wildman–Crippen LogP) is 3.82. The summed E-state index contributed by atoms with van der Waals surface area (Å²) >= 11 is 0. The summed E-state index contributed by atoms with van der Waals surface area (Å²) in [5, 5.41) is 3.96. The summed E-state index contributed by atoms with van der Waals surface area (Å²) in [6, 6.07) is 15.7. The third kappa shape index (κ3) is 5.54. The number of nitrogens with one attached hydrogen (secondary N) is 1. The zero-order valence-electron chi connectivity index (χ0n) is 14.7. The van der Waals surface area contributed by atoms with Gasteiger partial charge in [0.05, 0.1) is 6.21 Å². The second-order valence-electron chi connectivity index (χ2n) is 6.77. The minimum absolute atomic E-state index is 0.0661. The van der Waals surface area contributed by atoms with Crippen molar-refractivity contribution >= 4 is 12.1 Å². The maximum atomic E-state index is 11.7. The van der Waals surface area contributed by atoms with E-state index in [1.54, 1.807) is 6.21 Å². The number of hydrogen-bond donors (Lipinski definition) is 1. The lowest BCUT2D eigenvalue weighted by molar-refractivity contribution is -0.123. The second-order valence-corrected chi connectivity index (χ2v) is 6.77. The molecule has 0 aromatic heterocycles. The highest BCUT2D eigenvalue weighted by Crippen LogP contribution is 2.21. The molecule has 0 spiro atoms. The number of nitrogens with zero attached hydrogens (tertiary/aromatic N) is 1. The van der Waals surface area contributed by atoms with Crippen LogP contribution in [0, 0.1) is 6.92 Å². The molecule has 24 heavy (non-hydrogen) atoms. The number of ether oxygens (including phenoxy) is 1. The normalized spacial score (nSPS) is 11.5. The van der Waals surface area contributed by atoms with Crippen LogP contribution in [-0.2, 0) is 10.2 Å². The van der Waals surface area contributed by atoms with E-state index in [4.69, 9.17) is 4.74 Å². The molecule has 2 rings (SSSR count). The van der Waals surface area contributed by atoms with Crippen LogP contribution in [0.15, 0.2) is 53.6 Å². The summed E-state index contributed by atoms with van der Waals surface area (Å²) in [4.78, 5) is 11.7. The lowest BCUT2D eigenvalue weighted by Gasteiger charge is -2.18. The Bertz CT molecular complexity index is 696. The fourth-order valence-corrected chi connectivity index (χ4v) is 2.06. The van der Waals surface area contributed by atoms with Crippen LogP contribution in [0.5, 0.6) is 5.75 Å². The number of benzene rings is 2. The van der Waals surface area contributed by atoms with E-state index in [9.17, 15) is 4.79 Å². The van der Waals surface area contributed by atoms with Crippen molar-refractivity contribution in [3.63, 3.8) is 0 Å². The van der Waals surface area contributed by atoms with Crippen molar-refractivity contribution in [2.24, 2.45) is 5.10 Å². The van der Waals surface area contributed by atoms with Crippen LogP contribution in [0.2, 0.25) is 0 Å². The van der Waals surface area contributed by atoms with Crippen LogP contribution in [-0.4, -0.2) is 18.7 Å². The van der Waals surface area contributed by atoms with Gasteiger partial charge in [0.15, 0.2) is 6.61 Å². The van der Waals surface area contributed by atoms with Crippen LogP contribution < -0.4 is 10.2 Å². The van der Waals surface area contributed by atoms with E-state index in [2.05, 4.69) is 43.4 Å². The van der Waals surface area contributed by atoms with Crippen LogP contribution in [0.25, 0.3) is 0 Å². The molecular formula is C20H24N2O2. The summed E-state index contributed by atoms with van der Waals surface area (Å²) in [5.74, 6) is 0.371. The number of carbonyl (C=O) groups excluding carboxylic acids is 1. The topological polar surface area (TPSA) is 50.7 Å². The van der Waals surface area contributed by atoms with E-state index in [-0.39, 0.29) is 17.9 Å². The van der Waals surface area contributed by atoms with Gasteiger partial charge in [-0.05, 0) is 35.6 Å². The maximum absolute atomic E-state index is 11.7. The molecule has 1 amide bonds. The number of carbonyl (C=O) groups is 1. The zero-order chi connectivity index (χ0) is 17.6. The van der Waals surface area contributed by atoms with Crippen LogP contribution >= 0.6 is 0 Å². The summed E-state index contributed by atoms with van der Waals surface area (Å²) < 4.78 is 5.39. The van der Waals surface area contributed by atoms with Gasteiger partial charge in [-0.3, -0.25) is 4.79 Å². The van der Waals surface area contributed by atoms with Gasteiger partial charge in [-0.15, -0.1) is 0 Å².